The van der Waals surface area contributed by atoms with E-state index in [1.807, 2.05) is 19.2 Å². The molecule has 2 rings (SSSR count). The summed E-state index contributed by atoms with van der Waals surface area (Å²) in [5.74, 6) is -0.0712. The van der Waals surface area contributed by atoms with Gasteiger partial charge in [0.05, 0.1) is 16.9 Å². The summed E-state index contributed by atoms with van der Waals surface area (Å²) in [4.78, 5) is 13.6. The van der Waals surface area contributed by atoms with Crippen molar-refractivity contribution in [1.29, 1.82) is 0 Å². The summed E-state index contributed by atoms with van der Waals surface area (Å²) in [6.07, 6.45) is 1.82. The summed E-state index contributed by atoms with van der Waals surface area (Å²) in [6, 6.07) is 7.08. The molecule has 0 atom stereocenters. The summed E-state index contributed by atoms with van der Waals surface area (Å²) in [7, 11) is 3.44. The smallest absolute Gasteiger partial charge is 0.255 e. The van der Waals surface area contributed by atoms with Gasteiger partial charge in [-0.1, -0.05) is 0 Å². The van der Waals surface area contributed by atoms with E-state index in [0.717, 1.165) is 5.69 Å². The Labute approximate surface area is 106 Å². The van der Waals surface area contributed by atoms with Gasteiger partial charge in [0.2, 0.25) is 0 Å². The first-order valence-corrected chi connectivity index (χ1v) is 5.63. The van der Waals surface area contributed by atoms with Crippen LogP contribution in [0.1, 0.15) is 16.1 Å². The lowest BCUT2D eigenvalue weighted by molar-refractivity contribution is 0.0827. The molecule has 1 aromatic heterocycles. The van der Waals surface area contributed by atoms with Crippen LogP contribution in [0, 0.1) is 6.92 Å². The monoisotopic (exact) mass is 244 g/mol. The van der Waals surface area contributed by atoms with E-state index in [2.05, 4.69) is 5.10 Å². The Bertz CT molecular complexity index is 586. The van der Waals surface area contributed by atoms with Crippen LogP contribution in [0.5, 0.6) is 0 Å². The molecule has 0 fully saturated rings. The van der Waals surface area contributed by atoms with Gasteiger partial charge < -0.3 is 10.6 Å². The predicted octanol–water partition coefficient (Wildman–Crippen LogP) is 1.46. The van der Waals surface area contributed by atoms with Gasteiger partial charge in [-0.25, -0.2) is 4.68 Å². The number of rotatable bonds is 2. The van der Waals surface area contributed by atoms with Crippen LogP contribution in [-0.2, 0) is 0 Å². The average molecular weight is 244 g/mol. The number of nitrogens with zero attached hydrogens (tertiary/aromatic N) is 3. The molecule has 94 valence electrons. The zero-order valence-electron chi connectivity index (χ0n) is 10.7. The highest BCUT2D eigenvalue weighted by molar-refractivity contribution is 5.98. The number of carbonyl (C=O) groups excluding carboxylic acids is 1. The van der Waals surface area contributed by atoms with E-state index >= 15 is 0 Å². The average Bonchev–Trinajstić information content (AvgIpc) is 2.74. The van der Waals surface area contributed by atoms with Crippen molar-refractivity contribution in [2.24, 2.45) is 0 Å². The summed E-state index contributed by atoms with van der Waals surface area (Å²) < 4.78 is 1.67. The highest BCUT2D eigenvalue weighted by Gasteiger charge is 2.15. The van der Waals surface area contributed by atoms with Crippen LogP contribution in [-0.4, -0.2) is 34.7 Å². The van der Waals surface area contributed by atoms with Gasteiger partial charge in [-0.2, -0.15) is 5.10 Å². The summed E-state index contributed by atoms with van der Waals surface area (Å²) in [5.41, 5.74) is 8.55. The highest BCUT2D eigenvalue weighted by Crippen LogP contribution is 2.19. The van der Waals surface area contributed by atoms with Gasteiger partial charge >= 0.3 is 0 Å². The second-order valence-corrected chi connectivity index (χ2v) is 4.38. The molecular weight excluding hydrogens is 228 g/mol. The fraction of sp³-hybridized carbons (Fsp3) is 0.231. The molecule has 5 nitrogen and oxygen atoms in total. The normalized spacial score (nSPS) is 10.4. The van der Waals surface area contributed by atoms with E-state index in [1.54, 1.807) is 37.0 Å². The molecule has 0 saturated heterocycles. The van der Waals surface area contributed by atoms with Crippen LogP contribution in [0.2, 0.25) is 0 Å². The molecule has 2 aromatic rings. The number of aromatic nitrogens is 2. The Morgan fingerprint density at radius 1 is 1.33 bits per heavy atom. The number of carbonyl (C=O) groups is 1. The Morgan fingerprint density at radius 2 is 2.06 bits per heavy atom. The number of amides is 1. The maximum absolute atomic E-state index is 12.1. The lowest BCUT2D eigenvalue weighted by atomic mass is 10.1. The third kappa shape index (κ3) is 2.20. The van der Waals surface area contributed by atoms with Crippen molar-refractivity contribution in [3.63, 3.8) is 0 Å². The quantitative estimate of drug-likeness (QED) is 0.813. The van der Waals surface area contributed by atoms with Gasteiger partial charge in [-0.3, -0.25) is 4.79 Å². The van der Waals surface area contributed by atoms with Crippen LogP contribution in [0.3, 0.4) is 0 Å². The number of nitrogens with two attached hydrogens (primary N) is 1. The van der Waals surface area contributed by atoms with Gasteiger partial charge in [0.15, 0.2) is 0 Å². The molecule has 0 aliphatic rings. The maximum atomic E-state index is 12.1. The van der Waals surface area contributed by atoms with Crippen LogP contribution < -0.4 is 5.73 Å². The Hall–Kier alpha value is -2.30. The highest BCUT2D eigenvalue weighted by atomic mass is 16.2. The van der Waals surface area contributed by atoms with E-state index in [9.17, 15) is 4.79 Å². The van der Waals surface area contributed by atoms with E-state index in [-0.39, 0.29) is 5.91 Å². The van der Waals surface area contributed by atoms with Crippen molar-refractivity contribution in [2.75, 3.05) is 19.8 Å². The lowest BCUT2D eigenvalue weighted by Gasteiger charge is -2.14. The number of hydrogen-bond acceptors (Lipinski definition) is 3. The Morgan fingerprint density at radius 3 is 2.61 bits per heavy atom. The first-order chi connectivity index (χ1) is 8.49. The van der Waals surface area contributed by atoms with Crippen molar-refractivity contribution in [1.82, 2.24) is 14.7 Å². The molecule has 1 aromatic carbocycles. The second kappa shape index (κ2) is 4.52. The van der Waals surface area contributed by atoms with Crippen LogP contribution in [0.15, 0.2) is 30.5 Å². The number of hydrogen-bond donors (Lipinski definition) is 1. The van der Waals surface area contributed by atoms with Crippen LogP contribution in [0.25, 0.3) is 5.69 Å². The molecule has 0 bridgehead atoms. The predicted molar refractivity (Wildman–Crippen MR) is 70.7 cm³/mol. The van der Waals surface area contributed by atoms with Gasteiger partial charge in [0.25, 0.3) is 5.91 Å². The molecule has 0 saturated carbocycles. The van der Waals surface area contributed by atoms with E-state index in [4.69, 9.17) is 5.73 Å². The van der Waals surface area contributed by atoms with Gasteiger partial charge in [0, 0.05) is 26.0 Å². The molecule has 0 unspecified atom stereocenters. The molecule has 2 N–H and O–H groups in total. The molecule has 0 aliphatic heterocycles. The minimum Gasteiger partial charge on any atom is -0.399 e. The maximum Gasteiger partial charge on any atom is 0.255 e. The van der Waals surface area contributed by atoms with Crippen molar-refractivity contribution in [3.05, 3.63) is 41.7 Å². The van der Waals surface area contributed by atoms with Gasteiger partial charge in [-0.05, 0) is 31.2 Å². The largest absolute Gasteiger partial charge is 0.399 e. The third-order valence-corrected chi connectivity index (χ3v) is 2.63. The minimum absolute atomic E-state index is 0.0712. The fourth-order valence-electron chi connectivity index (χ4n) is 1.71. The number of anilines is 1. The van der Waals surface area contributed by atoms with E-state index < -0.39 is 0 Å². The van der Waals surface area contributed by atoms with Gasteiger partial charge in [-0.15, -0.1) is 0 Å². The van der Waals surface area contributed by atoms with Crippen molar-refractivity contribution in [2.45, 2.75) is 6.92 Å². The van der Waals surface area contributed by atoms with Crippen LogP contribution in [0.4, 0.5) is 5.69 Å². The molecule has 1 amide bonds. The number of nitrogen functional groups attached to an aromatic ring is 1. The number of aryl methyl sites for hydroxylation is 1. The van der Waals surface area contributed by atoms with Crippen molar-refractivity contribution >= 4 is 11.6 Å². The molecule has 18 heavy (non-hydrogen) atoms. The summed E-state index contributed by atoms with van der Waals surface area (Å²) in [6.45, 7) is 1.90. The van der Waals surface area contributed by atoms with Crippen molar-refractivity contribution in [3.8, 4) is 5.69 Å². The molecule has 1 heterocycles. The first-order valence-electron chi connectivity index (χ1n) is 5.63. The standard InChI is InChI=1S/C13H16N4O/c1-9-6-7-17(15-9)12-8-10(14)4-5-11(12)13(18)16(2)3/h4-8H,14H2,1-3H3. The third-order valence-electron chi connectivity index (χ3n) is 2.63. The Kier molecular flexibility index (Phi) is 3.06. The fourth-order valence-corrected chi connectivity index (χ4v) is 1.71. The summed E-state index contributed by atoms with van der Waals surface area (Å²) in [5, 5.41) is 4.31. The molecule has 5 heteroatoms. The topological polar surface area (TPSA) is 64.2 Å². The summed E-state index contributed by atoms with van der Waals surface area (Å²) >= 11 is 0. The molecule has 0 spiro atoms. The minimum atomic E-state index is -0.0712. The zero-order valence-corrected chi connectivity index (χ0v) is 10.7. The van der Waals surface area contributed by atoms with Crippen LogP contribution >= 0.6 is 0 Å². The lowest BCUT2D eigenvalue weighted by Crippen LogP contribution is -2.23. The SMILES string of the molecule is Cc1ccn(-c2cc(N)ccc2C(=O)N(C)C)n1. The molecule has 0 aliphatic carbocycles. The Balaban J connectivity index is 2.57. The van der Waals surface area contributed by atoms with Gasteiger partial charge in [0.1, 0.15) is 0 Å². The van der Waals surface area contributed by atoms with Crippen molar-refractivity contribution < 1.29 is 4.79 Å². The second-order valence-electron chi connectivity index (χ2n) is 4.38. The molecular formula is C13H16N4O. The van der Waals surface area contributed by atoms with E-state index in [1.165, 1.54) is 4.90 Å². The first kappa shape index (κ1) is 12.2. The molecule has 0 radical (unpaired) electrons. The zero-order chi connectivity index (χ0) is 13.3. The number of benzene rings is 1. The van der Waals surface area contributed by atoms with E-state index in [0.29, 0.717) is 16.9 Å².